The number of benzene rings is 1. The molecule has 0 saturated carbocycles. The molecule has 0 aromatic heterocycles. The molecule has 1 aromatic carbocycles. The molecule has 0 fully saturated rings. The molecule has 0 aliphatic carbocycles. The van der Waals surface area contributed by atoms with Gasteiger partial charge in [-0.25, -0.2) is 0 Å². The SMILES string of the molecule is [N-]=[N+]=NCCC(F)(F)C(F)(F)I1OC(=O)c2ccccc21. The molecular weight excluding hydrogens is 409 g/mol. The molecule has 0 unspecified atom stereocenters. The van der Waals surface area contributed by atoms with Gasteiger partial charge in [0.15, 0.2) is 0 Å². The molecule has 10 heteroatoms. The standard InChI is InChI=1S/C11H8F4IN3O2/c12-10(13,5-6-18-19-17)11(14,15)16-8-4-2-1-3-7(8)9(20)21-16/h1-4H,5-6H2. The van der Waals surface area contributed by atoms with Crippen LogP contribution in [0.3, 0.4) is 0 Å². The molecule has 1 heterocycles. The van der Waals surface area contributed by atoms with E-state index in [1.165, 1.54) is 24.3 Å². The third-order valence-electron chi connectivity index (χ3n) is 2.65. The zero-order chi connectivity index (χ0) is 15.7. The van der Waals surface area contributed by atoms with Crippen molar-refractivity contribution in [3.8, 4) is 0 Å². The first kappa shape index (κ1) is 15.8. The maximum atomic E-state index is 14.1. The van der Waals surface area contributed by atoms with E-state index in [1.807, 2.05) is 0 Å². The van der Waals surface area contributed by atoms with E-state index in [4.69, 9.17) is 5.53 Å². The predicted octanol–water partition coefficient (Wildman–Crippen LogP) is 4.38. The Morgan fingerprint density at radius 3 is 2.62 bits per heavy atom. The zero-order valence-corrected chi connectivity index (χ0v) is 12.4. The van der Waals surface area contributed by atoms with Gasteiger partial charge < -0.3 is 0 Å². The average molecular weight is 417 g/mol. The summed E-state index contributed by atoms with van der Waals surface area (Å²) in [6.45, 7) is -0.765. The summed E-state index contributed by atoms with van der Waals surface area (Å²) >= 11 is -4.20. The van der Waals surface area contributed by atoms with Gasteiger partial charge in [-0.2, -0.15) is 0 Å². The number of fused-ring (bicyclic) bond motifs is 1. The van der Waals surface area contributed by atoms with Gasteiger partial charge in [0.2, 0.25) is 0 Å². The molecule has 114 valence electrons. The van der Waals surface area contributed by atoms with Crippen molar-refractivity contribution >= 4 is 26.2 Å². The fraction of sp³-hybridized carbons (Fsp3) is 0.364. The summed E-state index contributed by atoms with van der Waals surface area (Å²) in [6, 6.07) is 5.31. The summed E-state index contributed by atoms with van der Waals surface area (Å²) < 4.78 is 55.6. The van der Waals surface area contributed by atoms with E-state index in [-0.39, 0.29) is 9.13 Å². The Morgan fingerprint density at radius 2 is 1.95 bits per heavy atom. The van der Waals surface area contributed by atoms with Crippen LogP contribution in [0.5, 0.6) is 0 Å². The molecule has 1 aliphatic rings. The van der Waals surface area contributed by atoms with Gasteiger partial charge in [0.25, 0.3) is 0 Å². The van der Waals surface area contributed by atoms with Crippen LogP contribution in [0.2, 0.25) is 0 Å². The number of carbonyl (C=O) groups is 1. The Bertz CT molecular complexity index is 619. The second-order valence-electron chi connectivity index (χ2n) is 4.00. The molecule has 0 bridgehead atoms. The van der Waals surface area contributed by atoms with Crippen LogP contribution < -0.4 is 0 Å². The number of alkyl halides is 5. The fourth-order valence-corrected chi connectivity index (χ4v) is 5.94. The Kier molecular flexibility index (Phi) is 4.28. The van der Waals surface area contributed by atoms with Gasteiger partial charge in [0, 0.05) is 0 Å². The Balaban J connectivity index is 2.32. The van der Waals surface area contributed by atoms with E-state index in [2.05, 4.69) is 13.1 Å². The van der Waals surface area contributed by atoms with Crippen LogP contribution in [0.1, 0.15) is 16.8 Å². The van der Waals surface area contributed by atoms with E-state index < -0.39 is 49.0 Å². The van der Waals surface area contributed by atoms with Crippen molar-refractivity contribution in [1.29, 1.82) is 0 Å². The van der Waals surface area contributed by atoms with Crippen LogP contribution in [-0.4, -0.2) is 22.4 Å². The quantitative estimate of drug-likeness (QED) is 0.178. The van der Waals surface area contributed by atoms with Crippen molar-refractivity contribution in [2.45, 2.75) is 16.3 Å². The summed E-state index contributed by atoms with van der Waals surface area (Å²) in [5.74, 6) is -5.41. The summed E-state index contributed by atoms with van der Waals surface area (Å²) in [5.41, 5.74) is 7.92. The Labute approximate surface area is 123 Å². The van der Waals surface area contributed by atoms with E-state index >= 15 is 0 Å². The minimum atomic E-state index is -4.45. The van der Waals surface area contributed by atoms with Crippen molar-refractivity contribution < 1.29 is 25.4 Å². The number of nitrogens with zero attached hydrogens (tertiary/aromatic N) is 3. The van der Waals surface area contributed by atoms with Gasteiger partial charge >= 0.3 is 123 Å². The van der Waals surface area contributed by atoms with Crippen LogP contribution in [0.4, 0.5) is 17.6 Å². The number of hydrogen-bond donors (Lipinski definition) is 0. The van der Waals surface area contributed by atoms with E-state index in [9.17, 15) is 22.4 Å². The summed E-state index contributed by atoms with van der Waals surface area (Å²) in [6.07, 6.45) is -1.31. The van der Waals surface area contributed by atoms with Crippen LogP contribution in [0.25, 0.3) is 10.4 Å². The second-order valence-corrected chi connectivity index (χ2v) is 8.38. The predicted molar refractivity (Wildman–Crippen MR) is 73.1 cm³/mol. The second kappa shape index (κ2) is 5.68. The number of azide groups is 1. The molecule has 0 atom stereocenters. The normalized spacial score (nSPS) is 16.2. The Hall–Kier alpha value is -1.55. The van der Waals surface area contributed by atoms with Crippen LogP contribution >= 0.6 is 20.2 Å². The first-order valence-electron chi connectivity index (χ1n) is 5.59. The van der Waals surface area contributed by atoms with Gasteiger partial charge in [-0.05, 0) is 0 Å². The third kappa shape index (κ3) is 2.77. The van der Waals surface area contributed by atoms with Crippen LogP contribution in [0, 0.1) is 3.57 Å². The first-order chi connectivity index (χ1) is 9.81. The number of rotatable bonds is 5. The van der Waals surface area contributed by atoms with E-state index in [1.54, 1.807) is 0 Å². The molecular formula is C11H8F4IN3O2. The maximum absolute atomic E-state index is 14.1. The van der Waals surface area contributed by atoms with Gasteiger partial charge in [-0.15, -0.1) is 0 Å². The van der Waals surface area contributed by atoms with Gasteiger partial charge in [0.05, 0.1) is 0 Å². The molecule has 0 amide bonds. The average Bonchev–Trinajstić information content (AvgIpc) is 2.77. The van der Waals surface area contributed by atoms with E-state index in [0.29, 0.717) is 0 Å². The number of carbonyl (C=O) groups excluding carboxylic acids is 1. The van der Waals surface area contributed by atoms with Crippen LogP contribution in [-0.2, 0) is 3.07 Å². The molecule has 0 saturated heterocycles. The van der Waals surface area contributed by atoms with Gasteiger partial charge in [-0.3, -0.25) is 0 Å². The van der Waals surface area contributed by atoms with E-state index in [0.717, 1.165) is 0 Å². The zero-order valence-electron chi connectivity index (χ0n) is 10.3. The minimum absolute atomic E-state index is 0.0896. The van der Waals surface area contributed by atoms with Crippen LogP contribution in [0.15, 0.2) is 29.4 Å². The third-order valence-corrected chi connectivity index (χ3v) is 7.50. The fourth-order valence-electron chi connectivity index (χ4n) is 1.61. The number of hydrogen-bond acceptors (Lipinski definition) is 3. The molecule has 0 radical (unpaired) electrons. The number of halogens is 5. The molecule has 0 spiro atoms. The van der Waals surface area contributed by atoms with Crippen molar-refractivity contribution in [2.24, 2.45) is 5.11 Å². The Morgan fingerprint density at radius 1 is 1.29 bits per heavy atom. The van der Waals surface area contributed by atoms with Crippen molar-refractivity contribution in [1.82, 2.24) is 0 Å². The van der Waals surface area contributed by atoms with Crippen molar-refractivity contribution in [3.63, 3.8) is 0 Å². The van der Waals surface area contributed by atoms with Crippen molar-refractivity contribution in [3.05, 3.63) is 43.8 Å². The van der Waals surface area contributed by atoms with Gasteiger partial charge in [-0.1, -0.05) is 0 Å². The van der Waals surface area contributed by atoms with Crippen molar-refractivity contribution in [2.75, 3.05) is 6.54 Å². The monoisotopic (exact) mass is 417 g/mol. The first-order valence-corrected chi connectivity index (χ1v) is 8.63. The topological polar surface area (TPSA) is 75.1 Å². The summed E-state index contributed by atoms with van der Waals surface area (Å²) in [4.78, 5) is 13.7. The van der Waals surface area contributed by atoms with Gasteiger partial charge in [0.1, 0.15) is 0 Å². The molecule has 5 nitrogen and oxygen atoms in total. The molecule has 1 aliphatic heterocycles. The summed E-state index contributed by atoms with van der Waals surface area (Å²) in [7, 11) is 0. The molecule has 21 heavy (non-hydrogen) atoms. The molecule has 1 aromatic rings. The summed E-state index contributed by atoms with van der Waals surface area (Å²) in [5, 5.41) is 2.83. The molecule has 2 rings (SSSR count). The molecule has 0 N–H and O–H groups in total.